The molecule has 2 heteroatoms. The van der Waals surface area contributed by atoms with Crippen LogP contribution in [-0.2, 0) is 6.54 Å². The van der Waals surface area contributed by atoms with Crippen molar-refractivity contribution >= 4 is 22.1 Å². The Bertz CT molecular complexity index is 685. The molecule has 3 aromatic rings. The van der Waals surface area contributed by atoms with E-state index in [1.807, 2.05) is 18.2 Å². The molecule has 2 nitrogen and oxygen atoms in total. The maximum Gasteiger partial charge on any atom is 0.0443 e. The van der Waals surface area contributed by atoms with Gasteiger partial charge in [0.15, 0.2) is 0 Å². The van der Waals surface area contributed by atoms with Gasteiger partial charge in [-0.1, -0.05) is 54.6 Å². The SMILES string of the molecule is Nc1cccc2cccc(NCc3ccccc3)c12. The summed E-state index contributed by atoms with van der Waals surface area (Å²) < 4.78 is 0. The number of nitrogen functional groups attached to an aromatic ring is 1. The maximum atomic E-state index is 6.09. The van der Waals surface area contributed by atoms with Gasteiger partial charge in [-0.15, -0.1) is 0 Å². The molecule has 0 aliphatic rings. The van der Waals surface area contributed by atoms with Crippen molar-refractivity contribution in [3.8, 4) is 0 Å². The van der Waals surface area contributed by atoms with Crippen molar-refractivity contribution in [2.75, 3.05) is 11.1 Å². The van der Waals surface area contributed by atoms with Crippen LogP contribution in [0.25, 0.3) is 10.8 Å². The zero-order valence-corrected chi connectivity index (χ0v) is 10.6. The molecule has 0 aliphatic heterocycles. The van der Waals surface area contributed by atoms with Crippen molar-refractivity contribution in [2.24, 2.45) is 0 Å². The lowest BCUT2D eigenvalue weighted by atomic mass is 10.1. The lowest BCUT2D eigenvalue weighted by Gasteiger charge is -2.11. The molecule has 0 radical (unpaired) electrons. The first-order chi connectivity index (χ1) is 9.34. The van der Waals surface area contributed by atoms with Crippen molar-refractivity contribution < 1.29 is 0 Å². The van der Waals surface area contributed by atoms with Crippen LogP contribution in [0.15, 0.2) is 66.7 Å². The molecule has 0 saturated carbocycles. The van der Waals surface area contributed by atoms with Crippen molar-refractivity contribution in [1.82, 2.24) is 0 Å². The van der Waals surface area contributed by atoms with Crippen LogP contribution in [0.4, 0.5) is 11.4 Å². The lowest BCUT2D eigenvalue weighted by molar-refractivity contribution is 1.15. The Morgan fingerprint density at radius 3 is 2.32 bits per heavy atom. The van der Waals surface area contributed by atoms with Crippen LogP contribution in [0.1, 0.15) is 5.56 Å². The average molecular weight is 248 g/mol. The summed E-state index contributed by atoms with van der Waals surface area (Å²) in [5.41, 5.74) is 9.24. The number of benzene rings is 3. The number of fused-ring (bicyclic) bond motifs is 1. The van der Waals surface area contributed by atoms with Gasteiger partial charge in [-0.2, -0.15) is 0 Å². The van der Waals surface area contributed by atoms with Gasteiger partial charge in [0.25, 0.3) is 0 Å². The molecular formula is C17H16N2. The Labute approximate surface area is 112 Å². The van der Waals surface area contributed by atoms with Crippen molar-refractivity contribution in [2.45, 2.75) is 6.54 Å². The molecule has 0 heterocycles. The number of hydrogen-bond acceptors (Lipinski definition) is 2. The normalized spacial score (nSPS) is 10.5. The fraction of sp³-hybridized carbons (Fsp3) is 0.0588. The molecule has 0 spiro atoms. The van der Waals surface area contributed by atoms with Gasteiger partial charge < -0.3 is 11.1 Å². The summed E-state index contributed by atoms with van der Waals surface area (Å²) in [5, 5.41) is 5.73. The Morgan fingerprint density at radius 1 is 0.789 bits per heavy atom. The highest BCUT2D eigenvalue weighted by Gasteiger charge is 2.03. The number of hydrogen-bond donors (Lipinski definition) is 2. The summed E-state index contributed by atoms with van der Waals surface area (Å²) in [7, 11) is 0. The van der Waals surface area contributed by atoms with Gasteiger partial charge in [0.1, 0.15) is 0 Å². The zero-order valence-electron chi connectivity index (χ0n) is 10.6. The van der Waals surface area contributed by atoms with E-state index in [2.05, 4.69) is 53.8 Å². The Morgan fingerprint density at radius 2 is 1.53 bits per heavy atom. The van der Waals surface area contributed by atoms with E-state index in [0.717, 1.165) is 28.7 Å². The second kappa shape index (κ2) is 5.02. The van der Waals surface area contributed by atoms with Gasteiger partial charge >= 0.3 is 0 Å². The predicted octanol–water partition coefficient (Wildman–Crippen LogP) is 4.03. The zero-order chi connectivity index (χ0) is 13.1. The Hall–Kier alpha value is -2.48. The fourth-order valence-electron chi connectivity index (χ4n) is 2.31. The second-order valence-corrected chi connectivity index (χ2v) is 4.59. The van der Waals surface area contributed by atoms with E-state index in [1.54, 1.807) is 0 Å². The Kier molecular flexibility index (Phi) is 3.07. The van der Waals surface area contributed by atoms with Crippen molar-refractivity contribution in [3.63, 3.8) is 0 Å². The highest BCUT2D eigenvalue weighted by atomic mass is 14.9. The fourth-order valence-corrected chi connectivity index (χ4v) is 2.31. The van der Waals surface area contributed by atoms with E-state index in [9.17, 15) is 0 Å². The first kappa shape index (κ1) is 11.6. The summed E-state index contributed by atoms with van der Waals surface area (Å²) in [4.78, 5) is 0. The van der Waals surface area contributed by atoms with Crippen LogP contribution in [0.3, 0.4) is 0 Å². The van der Waals surface area contributed by atoms with Crippen LogP contribution >= 0.6 is 0 Å². The summed E-state index contributed by atoms with van der Waals surface area (Å²) >= 11 is 0. The minimum Gasteiger partial charge on any atom is -0.398 e. The molecular weight excluding hydrogens is 232 g/mol. The number of nitrogens with one attached hydrogen (secondary N) is 1. The second-order valence-electron chi connectivity index (χ2n) is 4.59. The predicted molar refractivity (Wildman–Crippen MR) is 82.1 cm³/mol. The third-order valence-corrected chi connectivity index (χ3v) is 3.26. The van der Waals surface area contributed by atoms with Gasteiger partial charge in [-0.05, 0) is 23.1 Å². The molecule has 0 unspecified atom stereocenters. The van der Waals surface area contributed by atoms with E-state index < -0.39 is 0 Å². The quantitative estimate of drug-likeness (QED) is 0.687. The van der Waals surface area contributed by atoms with E-state index >= 15 is 0 Å². The molecule has 3 rings (SSSR count). The first-order valence-electron chi connectivity index (χ1n) is 6.39. The third kappa shape index (κ3) is 2.38. The smallest absolute Gasteiger partial charge is 0.0443 e. The average Bonchev–Trinajstić information content (AvgIpc) is 2.46. The summed E-state index contributed by atoms with van der Waals surface area (Å²) in [6.45, 7) is 0.800. The molecule has 0 aromatic heterocycles. The monoisotopic (exact) mass is 248 g/mol. The van der Waals surface area contributed by atoms with Gasteiger partial charge in [0.2, 0.25) is 0 Å². The molecule has 0 aliphatic carbocycles. The molecule has 0 atom stereocenters. The number of nitrogens with two attached hydrogens (primary N) is 1. The van der Waals surface area contributed by atoms with E-state index in [1.165, 1.54) is 5.56 Å². The largest absolute Gasteiger partial charge is 0.398 e. The minimum absolute atomic E-state index is 0.800. The van der Waals surface area contributed by atoms with E-state index in [-0.39, 0.29) is 0 Å². The van der Waals surface area contributed by atoms with Gasteiger partial charge in [-0.3, -0.25) is 0 Å². The van der Waals surface area contributed by atoms with Crippen LogP contribution in [-0.4, -0.2) is 0 Å². The summed E-state index contributed by atoms with van der Waals surface area (Å²) in [6, 6.07) is 22.6. The van der Waals surface area contributed by atoms with E-state index in [0.29, 0.717) is 0 Å². The molecule has 0 saturated heterocycles. The minimum atomic E-state index is 0.800. The van der Waals surface area contributed by atoms with Gasteiger partial charge in [0.05, 0.1) is 0 Å². The molecule has 0 bridgehead atoms. The van der Waals surface area contributed by atoms with E-state index in [4.69, 9.17) is 5.73 Å². The molecule has 3 aromatic carbocycles. The molecule has 0 fully saturated rings. The molecule has 94 valence electrons. The topological polar surface area (TPSA) is 38.0 Å². The van der Waals surface area contributed by atoms with Gasteiger partial charge in [-0.25, -0.2) is 0 Å². The van der Waals surface area contributed by atoms with Gasteiger partial charge in [0, 0.05) is 23.3 Å². The summed E-state index contributed by atoms with van der Waals surface area (Å²) in [6.07, 6.45) is 0. The molecule has 19 heavy (non-hydrogen) atoms. The maximum absolute atomic E-state index is 6.09. The van der Waals surface area contributed by atoms with Crippen molar-refractivity contribution in [3.05, 3.63) is 72.3 Å². The third-order valence-electron chi connectivity index (χ3n) is 3.26. The molecule has 0 amide bonds. The van der Waals surface area contributed by atoms with Crippen LogP contribution in [0.5, 0.6) is 0 Å². The summed E-state index contributed by atoms with van der Waals surface area (Å²) in [5.74, 6) is 0. The highest BCUT2D eigenvalue weighted by molar-refractivity contribution is 6.02. The van der Waals surface area contributed by atoms with Crippen LogP contribution in [0.2, 0.25) is 0 Å². The first-order valence-corrected chi connectivity index (χ1v) is 6.39. The number of anilines is 2. The van der Waals surface area contributed by atoms with Crippen LogP contribution < -0.4 is 11.1 Å². The van der Waals surface area contributed by atoms with Crippen LogP contribution in [0, 0.1) is 0 Å². The number of rotatable bonds is 3. The highest BCUT2D eigenvalue weighted by Crippen LogP contribution is 2.28. The molecule has 3 N–H and O–H groups in total. The lowest BCUT2D eigenvalue weighted by Crippen LogP contribution is -2.00. The Balaban J connectivity index is 1.93. The van der Waals surface area contributed by atoms with Crippen molar-refractivity contribution in [1.29, 1.82) is 0 Å². The standard InChI is InChI=1S/C17H16N2/c18-15-10-4-8-14-9-5-11-16(17(14)15)19-12-13-6-2-1-3-7-13/h1-11,19H,12,18H2.